The van der Waals surface area contributed by atoms with Gasteiger partial charge in [0.2, 0.25) is 0 Å². The van der Waals surface area contributed by atoms with Crippen molar-refractivity contribution >= 4 is 5.96 Å². The minimum atomic E-state index is 0.203. The van der Waals surface area contributed by atoms with Gasteiger partial charge in [-0.25, -0.2) is 4.99 Å². The number of hydrogen-bond donors (Lipinski definition) is 2. The lowest BCUT2D eigenvalue weighted by Gasteiger charge is -2.18. The fourth-order valence-electron chi connectivity index (χ4n) is 2.76. The third kappa shape index (κ3) is 4.71. The summed E-state index contributed by atoms with van der Waals surface area (Å²) in [4.78, 5) is 4.64. The second kappa shape index (κ2) is 8.64. The summed E-state index contributed by atoms with van der Waals surface area (Å²) < 4.78 is 3.87. The van der Waals surface area contributed by atoms with E-state index in [-0.39, 0.29) is 6.04 Å². The number of aromatic nitrogens is 5. The highest BCUT2D eigenvalue weighted by atomic mass is 15.3. The van der Waals surface area contributed by atoms with Crippen molar-refractivity contribution in [1.82, 2.24) is 35.2 Å². The number of guanidine groups is 1. The third-order valence-corrected chi connectivity index (χ3v) is 4.53. The average Bonchev–Trinajstić information content (AvgIpc) is 3.04. The summed E-state index contributed by atoms with van der Waals surface area (Å²) in [7, 11) is 3.92. The van der Waals surface area contributed by atoms with E-state index >= 15 is 0 Å². The lowest BCUT2D eigenvalue weighted by atomic mass is 10.1. The molecule has 26 heavy (non-hydrogen) atoms. The molecule has 2 rings (SSSR count). The van der Waals surface area contributed by atoms with Gasteiger partial charge in [0.15, 0.2) is 11.8 Å². The first-order valence-electron chi connectivity index (χ1n) is 8.83. The summed E-state index contributed by atoms with van der Waals surface area (Å²) >= 11 is 0. The van der Waals surface area contributed by atoms with E-state index < -0.39 is 0 Å². The van der Waals surface area contributed by atoms with Gasteiger partial charge < -0.3 is 15.2 Å². The summed E-state index contributed by atoms with van der Waals surface area (Å²) in [5.74, 6) is 2.44. The summed E-state index contributed by atoms with van der Waals surface area (Å²) in [6.07, 6.45) is 2.69. The van der Waals surface area contributed by atoms with Crippen LogP contribution in [-0.4, -0.2) is 43.1 Å². The summed E-state index contributed by atoms with van der Waals surface area (Å²) in [5, 5.41) is 19.4. The number of rotatable bonds is 7. The number of aliphatic imine (C=N–C) groups is 1. The van der Waals surface area contributed by atoms with Gasteiger partial charge in [-0.15, -0.1) is 16.8 Å². The van der Waals surface area contributed by atoms with Crippen molar-refractivity contribution in [3.05, 3.63) is 41.3 Å². The summed E-state index contributed by atoms with van der Waals surface area (Å²) in [5.41, 5.74) is 3.55. The Labute approximate surface area is 155 Å². The molecule has 0 aliphatic heterocycles. The number of aryl methyl sites for hydroxylation is 3. The fourth-order valence-corrected chi connectivity index (χ4v) is 2.76. The Morgan fingerprint density at radius 3 is 2.54 bits per heavy atom. The number of nitrogens with zero attached hydrogens (tertiary/aromatic N) is 6. The molecule has 0 saturated heterocycles. The van der Waals surface area contributed by atoms with Crippen molar-refractivity contribution in [2.45, 2.75) is 46.7 Å². The highest BCUT2D eigenvalue weighted by Crippen LogP contribution is 2.14. The largest absolute Gasteiger partial charge is 0.354 e. The van der Waals surface area contributed by atoms with Crippen LogP contribution in [0.4, 0.5) is 0 Å². The van der Waals surface area contributed by atoms with E-state index in [4.69, 9.17) is 0 Å². The Kier molecular flexibility index (Phi) is 6.54. The highest BCUT2D eigenvalue weighted by molar-refractivity contribution is 5.80. The molecule has 8 heteroatoms. The molecule has 0 spiro atoms. The molecular weight excluding hydrogens is 328 g/mol. The lowest BCUT2D eigenvalue weighted by Crippen LogP contribution is -2.43. The molecule has 0 amide bonds. The van der Waals surface area contributed by atoms with Gasteiger partial charge in [0.05, 0.1) is 5.69 Å². The molecule has 2 N–H and O–H groups in total. The molecule has 0 radical (unpaired) electrons. The number of nitrogens with one attached hydrogen (secondary N) is 2. The molecule has 0 bridgehead atoms. The van der Waals surface area contributed by atoms with Crippen molar-refractivity contribution in [2.24, 2.45) is 19.1 Å². The first-order chi connectivity index (χ1) is 12.3. The van der Waals surface area contributed by atoms with Crippen LogP contribution in [0, 0.1) is 20.8 Å². The first-order valence-corrected chi connectivity index (χ1v) is 8.83. The second-order valence-corrected chi connectivity index (χ2v) is 6.58. The van der Waals surface area contributed by atoms with Gasteiger partial charge in [0, 0.05) is 32.4 Å². The molecule has 0 aliphatic carbocycles. The fraction of sp³-hybridized carbons (Fsp3) is 0.556. The van der Waals surface area contributed by atoms with Gasteiger partial charge >= 0.3 is 0 Å². The van der Waals surface area contributed by atoms with Crippen LogP contribution in [0.2, 0.25) is 0 Å². The van der Waals surface area contributed by atoms with Crippen molar-refractivity contribution in [3.63, 3.8) is 0 Å². The van der Waals surface area contributed by atoms with E-state index in [9.17, 15) is 0 Å². The van der Waals surface area contributed by atoms with Crippen LogP contribution in [-0.2, 0) is 27.1 Å². The maximum atomic E-state index is 4.64. The molecular formula is C18H30N8. The topological polar surface area (TPSA) is 84.9 Å². The van der Waals surface area contributed by atoms with Crippen LogP contribution in [0.25, 0.3) is 0 Å². The Hall–Kier alpha value is -2.64. The minimum Gasteiger partial charge on any atom is -0.354 e. The van der Waals surface area contributed by atoms with Crippen molar-refractivity contribution < 1.29 is 0 Å². The standard InChI is InChI=1S/C18H30N8/c1-8-9-19-18(20-11-17-23-22-15(5)25(17)6)21-12(2)10-16-13(3)24-26(7)14(16)4/h8,12H,1,9-11H2,2-7H3,(H2,19,20,21). The molecule has 2 aromatic heterocycles. The van der Waals surface area contributed by atoms with E-state index in [1.807, 2.05) is 36.3 Å². The molecule has 0 aliphatic rings. The van der Waals surface area contributed by atoms with Crippen LogP contribution >= 0.6 is 0 Å². The Morgan fingerprint density at radius 1 is 1.27 bits per heavy atom. The SMILES string of the molecule is C=CCNC(=NCc1nnc(C)n1C)NC(C)Cc1c(C)nn(C)c1C. The predicted octanol–water partition coefficient (Wildman–Crippen LogP) is 1.33. The quantitative estimate of drug-likeness (QED) is 0.443. The zero-order valence-corrected chi connectivity index (χ0v) is 16.7. The highest BCUT2D eigenvalue weighted by Gasteiger charge is 2.14. The molecule has 8 nitrogen and oxygen atoms in total. The maximum absolute atomic E-state index is 4.64. The average molecular weight is 358 g/mol. The lowest BCUT2D eigenvalue weighted by molar-refractivity contribution is 0.636. The predicted molar refractivity (Wildman–Crippen MR) is 104 cm³/mol. The minimum absolute atomic E-state index is 0.203. The van der Waals surface area contributed by atoms with Gasteiger partial charge in [0.25, 0.3) is 0 Å². The number of hydrogen-bond acceptors (Lipinski definition) is 4. The van der Waals surface area contributed by atoms with Crippen molar-refractivity contribution in [1.29, 1.82) is 0 Å². The van der Waals surface area contributed by atoms with Crippen LogP contribution in [0.15, 0.2) is 17.6 Å². The van der Waals surface area contributed by atoms with E-state index in [0.717, 1.165) is 29.7 Å². The molecule has 2 aromatic rings. The van der Waals surface area contributed by atoms with Gasteiger partial charge in [-0.1, -0.05) is 6.08 Å². The molecule has 1 unspecified atom stereocenters. The van der Waals surface area contributed by atoms with Crippen molar-refractivity contribution in [2.75, 3.05) is 6.54 Å². The molecule has 1 atom stereocenters. The first kappa shape index (κ1) is 19.7. The zero-order chi connectivity index (χ0) is 19.3. The van der Waals surface area contributed by atoms with Gasteiger partial charge in [-0.2, -0.15) is 5.10 Å². The second-order valence-electron chi connectivity index (χ2n) is 6.58. The van der Waals surface area contributed by atoms with Crippen LogP contribution in [0.5, 0.6) is 0 Å². The molecule has 0 aromatic carbocycles. The molecule has 142 valence electrons. The van der Waals surface area contributed by atoms with E-state index in [2.05, 4.69) is 58.3 Å². The van der Waals surface area contributed by atoms with E-state index in [0.29, 0.717) is 13.1 Å². The monoisotopic (exact) mass is 358 g/mol. The summed E-state index contributed by atoms with van der Waals surface area (Å²) in [6.45, 7) is 13.1. The molecule has 0 saturated carbocycles. The van der Waals surface area contributed by atoms with Gasteiger partial charge in [-0.05, 0) is 39.7 Å². The normalized spacial score (nSPS) is 12.9. The zero-order valence-electron chi connectivity index (χ0n) is 16.7. The van der Waals surface area contributed by atoms with Crippen LogP contribution < -0.4 is 10.6 Å². The Bertz CT molecular complexity index is 783. The molecule has 2 heterocycles. The Morgan fingerprint density at radius 2 is 2.00 bits per heavy atom. The van der Waals surface area contributed by atoms with Gasteiger partial charge in [-0.3, -0.25) is 4.68 Å². The summed E-state index contributed by atoms with van der Waals surface area (Å²) in [6, 6.07) is 0.203. The molecule has 0 fully saturated rings. The smallest absolute Gasteiger partial charge is 0.192 e. The third-order valence-electron chi connectivity index (χ3n) is 4.53. The van der Waals surface area contributed by atoms with Gasteiger partial charge in [0.1, 0.15) is 12.4 Å². The Balaban J connectivity index is 2.07. The van der Waals surface area contributed by atoms with E-state index in [1.165, 1.54) is 11.3 Å². The van der Waals surface area contributed by atoms with Crippen LogP contribution in [0.1, 0.15) is 35.5 Å². The van der Waals surface area contributed by atoms with Crippen molar-refractivity contribution in [3.8, 4) is 0 Å². The van der Waals surface area contributed by atoms with Crippen LogP contribution in [0.3, 0.4) is 0 Å². The maximum Gasteiger partial charge on any atom is 0.192 e. The van der Waals surface area contributed by atoms with E-state index in [1.54, 1.807) is 0 Å².